The third kappa shape index (κ3) is 3.00. The maximum absolute atomic E-state index is 12.8. The molecule has 1 aliphatic carbocycles. The molecule has 0 radical (unpaired) electrons. The first-order valence-electron chi connectivity index (χ1n) is 5.54. The molecule has 0 aromatic rings. The van der Waals surface area contributed by atoms with E-state index in [2.05, 4.69) is 0 Å². The zero-order valence-electron chi connectivity index (χ0n) is 10.3. The van der Waals surface area contributed by atoms with E-state index in [1.165, 1.54) is 0 Å². The smallest absolute Gasteiger partial charge is 0.249 e. The normalized spacial score (nSPS) is 24.7. The van der Waals surface area contributed by atoms with Gasteiger partial charge in [0.05, 0.1) is 0 Å². The summed E-state index contributed by atoms with van der Waals surface area (Å²) < 4.78 is 25.5. The second-order valence-electron chi connectivity index (χ2n) is 6.47. The molecule has 0 bridgehead atoms. The summed E-state index contributed by atoms with van der Waals surface area (Å²) in [7, 11) is 0. The van der Waals surface area contributed by atoms with E-state index >= 15 is 0 Å². The molecule has 4 heteroatoms. The lowest BCUT2D eigenvalue weighted by molar-refractivity contribution is -0.194. The maximum atomic E-state index is 12.8. The van der Waals surface area contributed by atoms with Crippen LogP contribution in [0.1, 0.15) is 47.0 Å². The lowest BCUT2D eigenvalue weighted by atomic mass is 9.62. The highest BCUT2D eigenvalue weighted by atomic mass is 19.3. The minimum atomic E-state index is -2.71. The van der Waals surface area contributed by atoms with Crippen molar-refractivity contribution in [3.63, 3.8) is 0 Å². The van der Waals surface area contributed by atoms with Gasteiger partial charge in [-0.05, 0) is 5.41 Å². The van der Waals surface area contributed by atoms with E-state index in [-0.39, 0.29) is 17.6 Å². The molecule has 1 atom stereocenters. The molecule has 1 rings (SSSR count). The summed E-state index contributed by atoms with van der Waals surface area (Å²) in [6, 6.07) is 0. The molecular formula is C12H20F2O2. The summed E-state index contributed by atoms with van der Waals surface area (Å²) in [5.41, 5.74) is -1.16. The Bertz CT molecular complexity index is 284. The van der Waals surface area contributed by atoms with Crippen LogP contribution in [0.5, 0.6) is 0 Å². The van der Waals surface area contributed by atoms with Crippen LogP contribution in [-0.4, -0.2) is 22.9 Å². The number of hydrogen-bond acceptors (Lipinski definition) is 2. The fourth-order valence-corrected chi connectivity index (χ4v) is 2.33. The van der Waals surface area contributed by atoms with Gasteiger partial charge in [0, 0.05) is 24.7 Å². The number of aliphatic hydroxyl groups is 1. The predicted molar refractivity (Wildman–Crippen MR) is 57.4 cm³/mol. The first kappa shape index (κ1) is 13.6. The molecule has 0 aromatic heterocycles. The molecule has 2 nitrogen and oxygen atoms in total. The van der Waals surface area contributed by atoms with Crippen molar-refractivity contribution in [2.75, 3.05) is 0 Å². The second-order valence-corrected chi connectivity index (χ2v) is 6.47. The van der Waals surface area contributed by atoms with E-state index in [0.29, 0.717) is 0 Å². The van der Waals surface area contributed by atoms with Crippen LogP contribution in [0.2, 0.25) is 0 Å². The molecule has 0 aliphatic heterocycles. The Morgan fingerprint density at radius 1 is 1.38 bits per heavy atom. The number of aliphatic hydroxyl groups excluding tert-OH is 1. The van der Waals surface area contributed by atoms with Gasteiger partial charge in [-0.3, -0.25) is 4.79 Å². The van der Waals surface area contributed by atoms with Crippen molar-refractivity contribution in [3.05, 3.63) is 0 Å². The summed E-state index contributed by atoms with van der Waals surface area (Å²) in [6.07, 6.45) is -1.82. The fraction of sp³-hybridized carbons (Fsp3) is 0.917. The van der Waals surface area contributed by atoms with Crippen LogP contribution in [0.3, 0.4) is 0 Å². The standard InChI is InChI=1S/C12H20F2O2/c1-10(2,3)5-8(15)9(16)11(4)6-12(13,14)7-11/h9,16H,5-7H2,1-4H3. The molecule has 1 unspecified atom stereocenters. The van der Waals surface area contributed by atoms with E-state index in [4.69, 9.17) is 0 Å². The highest BCUT2D eigenvalue weighted by Gasteiger charge is 2.58. The lowest BCUT2D eigenvalue weighted by Gasteiger charge is -2.47. The highest BCUT2D eigenvalue weighted by molar-refractivity contribution is 5.84. The van der Waals surface area contributed by atoms with Gasteiger partial charge in [-0.1, -0.05) is 27.7 Å². The van der Waals surface area contributed by atoms with Gasteiger partial charge in [-0.15, -0.1) is 0 Å². The number of rotatable bonds is 3. The minimum absolute atomic E-state index is 0.218. The number of alkyl halides is 2. The van der Waals surface area contributed by atoms with Crippen LogP contribution in [-0.2, 0) is 4.79 Å². The van der Waals surface area contributed by atoms with Gasteiger partial charge in [-0.2, -0.15) is 0 Å². The van der Waals surface area contributed by atoms with Crippen molar-refractivity contribution >= 4 is 5.78 Å². The molecule has 1 N–H and O–H groups in total. The maximum Gasteiger partial charge on any atom is 0.249 e. The zero-order chi connectivity index (χ0) is 12.8. The number of carbonyl (C=O) groups excluding carboxylic acids is 1. The van der Waals surface area contributed by atoms with E-state index in [1.54, 1.807) is 6.92 Å². The Hall–Kier alpha value is -0.510. The van der Waals surface area contributed by atoms with E-state index in [0.717, 1.165) is 0 Å². The van der Waals surface area contributed by atoms with Gasteiger partial charge >= 0.3 is 0 Å². The second kappa shape index (κ2) is 3.76. The largest absolute Gasteiger partial charge is 0.385 e. The topological polar surface area (TPSA) is 37.3 Å². The molecule has 0 saturated heterocycles. The SMILES string of the molecule is CC(C)(C)CC(=O)C(O)C1(C)CC(F)(F)C1. The van der Waals surface area contributed by atoms with Gasteiger partial charge in [0.15, 0.2) is 5.78 Å². The minimum Gasteiger partial charge on any atom is -0.385 e. The molecule has 1 aliphatic rings. The average Bonchev–Trinajstić information content (AvgIpc) is 1.95. The van der Waals surface area contributed by atoms with Crippen molar-refractivity contribution in [1.29, 1.82) is 0 Å². The third-order valence-electron chi connectivity index (χ3n) is 2.99. The van der Waals surface area contributed by atoms with E-state index < -0.39 is 30.3 Å². The van der Waals surface area contributed by atoms with Crippen molar-refractivity contribution in [1.82, 2.24) is 0 Å². The Morgan fingerprint density at radius 3 is 2.12 bits per heavy atom. The molecule has 1 fully saturated rings. The predicted octanol–water partition coefficient (Wildman–Crippen LogP) is 2.79. The van der Waals surface area contributed by atoms with Gasteiger partial charge in [0.2, 0.25) is 5.92 Å². The Balaban J connectivity index is 2.59. The molecular weight excluding hydrogens is 214 g/mol. The molecule has 0 heterocycles. The summed E-state index contributed by atoms with van der Waals surface area (Å²) in [5.74, 6) is -3.04. The van der Waals surface area contributed by atoms with Crippen LogP contribution in [0.25, 0.3) is 0 Å². The van der Waals surface area contributed by atoms with Gasteiger partial charge < -0.3 is 5.11 Å². The average molecular weight is 234 g/mol. The van der Waals surface area contributed by atoms with Crippen molar-refractivity contribution in [2.45, 2.75) is 59.0 Å². The van der Waals surface area contributed by atoms with Gasteiger partial charge in [-0.25, -0.2) is 8.78 Å². The number of carbonyl (C=O) groups is 1. The quantitative estimate of drug-likeness (QED) is 0.815. The summed E-state index contributed by atoms with van der Waals surface area (Å²) in [6.45, 7) is 7.20. The number of hydrogen-bond donors (Lipinski definition) is 1. The monoisotopic (exact) mass is 234 g/mol. The molecule has 0 amide bonds. The number of ketones is 1. The Labute approximate surface area is 95.0 Å². The lowest BCUT2D eigenvalue weighted by Crippen LogP contribution is -2.54. The molecule has 94 valence electrons. The first-order chi connectivity index (χ1) is 6.95. The summed E-state index contributed by atoms with van der Waals surface area (Å²) in [4.78, 5) is 11.7. The van der Waals surface area contributed by atoms with Crippen molar-refractivity contribution in [3.8, 4) is 0 Å². The Kier molecular flexibility index (Phi) is 3.18. The van der Waals surface area contributed by atoms with Crippen LogP contribution < -0.4 is 0 Å². The van der Waals surface area contributed by atoms with E-state index in [9.17, 15) is 18.7 Å². The van der Waals surface area contributed by atoms with Crippen LogP contribution in [0.4, 0.5) is 8.78 Å². The van der Waals surface area contributed by atoms with Crippen molar-refractivity contribution in [2.24, 2.45) is 10.8 Å². The van der Waals surface area contributed by atoms with Crippen molar-refractivity contribution < 1.29 is 18.7 Å². The highest BCUT2D eigenvalue weighted by Crippen LogP contribution is 2.54. The van der Waals surface area contributed by atoms with Gasteiger partial charge in [0.1, 0.15) is 6.10 Å². The van der Waals surface area contributed by atoms with Crippen LogP contribution in [0, 0.1) is 10.8 Å². The molecule has 1 saturated carbocycles. The van der Waals surface area contributed by atoms with Crippen LogP contribution in [0.15, 0.2) is 0 Å². The number of halogens is 2. The number of Topliss-reactive ketones (excluding diaryl/α,β-unsaturated/α-hetero) is 1. The Morgan fingerprint density at radius 2 is 1.81 bits per heavy atom. The van der Waals surface area contributed by atoms with Gasteiger partial charge in [0.25, 0.3) is 0 Å². The third-order valence-corrected chi connectivity index (χ3v) is 2.99. The fourth-order valence-electron chi connectivity index (χ4n) is 2.33. The summed E-state index contributed by atoms with van der Waals surface area (Å²) in [5, 5.41) is 9.81. The molecule has 16 heavy (non-hydrogen) atoms. The van der Waals surface area contributed by atoms with E-state index in [1.807, 2.05) is 20.8 Å². The van der Waals surface area contributed by atoms with Crippen LogP contribution >= 0.6 is 0 Å². The molecule has 0 spiro atoms. The molecule has 0 aromatic carbocycles. The summed E-state index contributed by atoms with van der Waals surface area (Å²) >= 11 is 0. The first-order valence-corrected chi connectivity index (χ1v) is 5.54. The zero-order valence-corrected chi connectivity index (χ0v) is 10.3.